The van der Waals surface area contributed by atoms with E-state index in [2.05, 4.69) is 0 Å². The third-order valence-corrected chi connectivity index (χ3v) is 11.1. The summed E-state index contributed by atoms with van der Waals surface area (Å²) in [6.07, 6.45) is 7.53. The molecule has 3 aliphatic carbocycles. The smallest absolute Gasteiger partial charge is 0.410 e. The van der Waals surface area contributed by atoms with Gasteiger partial charge in [-0.1, -0.05) is 36.2 Å². The van der Waals surface area contributed by atoms with Crippen molar-refractivity contribution in [3.05, 3.63) is 33.8 Å². The Morgan fingerprint density at radius 3 is 2.33 bits per heavy atom. The van der Waals surface area contributed by atoms with Crippen LogP contribution < -0.4 is 0 Å². The van der Waals surface area contributed by atoms with E-state index in [9.17, 15) is 14.4 Å². The summed E-state index contributed by atoms with van der Waals surface area (Å²) in [6.45, 7) is 4.26. The maximum Gasteiger partial charge on any atom is 0.410 e. The predicted molar refractivity (Wildman–Crippen MR) is 150 cm³/mol. The standard InChI is InChI=1S/C30H39Cl2N3O4/c1-30(9-10-30)28(37)34-11-7-19(8-12-34)27(36)35-16-22(20-5-6-23(31)24(32)15-20)25(17-35)33(2)29(38)39-26-14-18-3-4-21(26)13-18/h5-6,15,18-19,21-22,25-26H,3-4,7-14,16-17H2,1-2H3/t18-,21+,22-,25+,26-/m0/s1. The number of nitrogens with zero attached hydrogens (tertiary/aromatic N) is 3. The molecule has 2 heterocycles. The van der Waals surface area contributed by atoms with Crippen molar-refractivity contribution in [2.45, 2.75) is 76.4 Å². The molecule has 212 valence electrons. The molecular formula is C30H39Cl2N3O4. The van der Waals surface area contributed by atoms with Crippen LogP contribution in [0.2, 0.25) is 10.0 Å². The van der Waals surface area contributed by atoms with Crippen molar-refractivity contribution in [2.75, 3.05) is 33.2 Å². The number of ether oxygens (including phenoxy) is 1. The Labute approximate surface area is 241 Å². The van der Waals surface area contributed by atoms with Crippen molar-refractivity contribution >= 4 is 41.1 Å². The van der Waals surface area contributed by atoms with Crippen LogP contribution in [0.25, 0.3) is 0 Å². The molecule has 2 saturated heterocycles. The van der Waals surface area contributed by atoms with Crippen molar-refractivity contribution in [3.63, 3.8) is 0 Å². The second-order valence-corrected chi connectivity index (χ2v) is 13.7. The van der Waals surface area contributed by atoms with Crippen LogP contribution in [0, 0.1) is 23.2 Å². The van der Waals surface area contributed by atoms with E-state index in [1.807, 2.05) is 28.9 Å². The minimum Gasteiger partial charge on any atom is -0.446 e. The van der Waals surface area contributed by atoms with Crippen molar-refractivity contribution in [1.82, 2.24) is 14.7 Å². The van der Waals surface area contributed by atoms with Crippen LogP contribution in [-0.4, -0.2) is 78.0 Å². The van der Waals surface area contributed by atoms with Gasteiger partial charge in [0, 0.05) is 50.5 Å². The summed E-state index contributed by atoms with van der Waals surface area (Å²) in [5.74, 6) is 1.32. The topological polar surface area (TPSA) is 70.2 Å². The van der Waals surface area contributed by atoms with Crippen LogP contribution >= 0.6 is 23.2 Å². The second-order valence-electron chi connectivity index (χ2n) is 12.9. The van der Waals surface area contributed by atoms with Gasteiger partial charge in [0.1, 0.15) is 6.10 Å². The third-order valence-electron chi connectivity index (χ3n) is 10.3. The van der Waals surface area contributed by atoms with Crippen LogP contribution in [0.15, 0.2) is 18.2 Å². The molecule has 5 aliphatic rings. The van der Waals surface area contributed by atoms with Gasteiger partial charge < -0.3 is 19.4 Å². The lowest BCUT2D eigenvalue weighted by Crippen LogP contribution is -2.47. The number of piperidine rings is 1. The molecule has 0 radical (unpaired) electrons. The predicted octanol–water partition coefficient (Wildman–Crippen LogP) is 5.58. The molecule has 5 fully saturated rings. The molecule has 5 atom stereocenters. The lowest BCUT2D eigenvalue weighted by Gasteiger charge is -2.34. The van der Waals surface area contributed by atoms with E-state index >= 15 is 0 Å². The third kappa shape index (κ3) is 5.26. The monoisotopic (exact) mass is 575 g/mol. The Morgan fingerprint density at radius 2 is 1.72 bits per heavy atom. The summed E-state index contributed by atoms with van der Waals surface area (Å²) < 4.78 is 6.02. The number of likely N-dealkylation sites (tertiary alicyclic amines) is 2. The number of halogens is 2. The van der Waals surface area contributed by atoms with Crippen LogP contribution in [0.3, 0.4) is 0 Å². The first-order valence-corrected chi connectivity index (χ1v) is 15.3. The molecule has 7 nitrogen and oxygen atoms in total. The average Bonchev–Trinajstić information content (AvgIpc) is 3.29. The van der Waals surface area contributed by atoms with Gasteiger partial charge in [0.15, 0.2) is 0 Å². The Balaban J connectivity index is 1.14. The van der Waals surface area contributed by atoms with Crippen LogP contribution in [0.1, 0.15) is 69.8 Å². The molecule has 1 aromatic carbocycles. The first kappa shape index (κ1) is 27.2. The molecule has 39 heavy (non-hydrogen) atoms. The number of carbonyl (C=O) groups excluding carboxylic acids is 3. The zero-order valence-corrected chi connectivity index (χ0v) is 24.4. The number of likely N-dealkylation sites (N-methyl/N-ethyl adjacent to an activating group) is 1. The molecule has 2 aliphatic heterocycles. The first-order valence-electron chi connectivity index (χ1n) is 14.6. The fraction of sp³-hybridized carbons (Fsp3) is 0.700. The number of hydrogen-bond acceptors (Lipinski definition) is 4. The lowest BCUT2D eigenvalue weighted by atomic mass is 9.93. The molecule has 0 spiro atoms. The number of hydrogen-bond donors (Lipinski definition) is 0. The Morgan fingerprint density at radius 1 is 0.974 bits per heavy atom. The number of benzene rings is 1. The highest BCUT2D eigenvalue weighted by Crippen LogP contribution is 2.47. The lowest BCUT2D eigenvalue weighted by molar-refractivity contribution is -0.142. The summed E-state index contributed by atoms with van der Waals surface area (Å²) in [6, 6.07) is 5.35. The van der Waals surface area contributed by atoms with Crippen LogP contribution in [0.4, 0.5) is 4.79 Å². The second kappa shape index (κ2) is 10.4. The molecule has 9 heteroatoms. The largest absolute Gasteiger partial charge is 0.446 e. The van der Waals surface area contributed by atoms with Crippen molar-refractivity contribution in [3.8, 4) is 0 Å². The van der Waals surface area contributed by atoms with E-state index in [0.29, 0.717) is 60.9 Å². The van der Waals surface area contributed by atoms with Crippen LogP contribution in [-0.2, 0) is 14.3 Å². The number of amides is 3. The van der Waals surface area contributed by atoms with Gasteiger partial charge >= 0.3 is 6.09 Å². The zero-order chi connectivity index (χ0) is 27.5. The maximum atomic E-state index is 13.7. The van der Waals surface area contributed by atoms with Gasteiger partial charge in [-0.3, -0.25) is 9.59 Å². The molecule has 0 unspecified atom stereocenters. The van der Waals surface area contributed by atoms with Crippen molar-refractivity contribution in [1.29, 1.82) is 0 Å². The summed E-state index contributed by atoms with van der Waals surface area (Å²) in [4.78, 5) is 45.4. The minimum absolute atomic E-state index is 0.00653. The molecule has 0 N–H and O–H groups in total. The summed E-state index contributed by atoms with van der Waals surface area (Å²) in [7, 11) is 1.79. The van der Waals surface area contributed by atoms with E-state index in [4.69, 9.17) is 27.9 Å². The van der Waals surface area contributed by atoms with Gasteiger partial charge in [0.05, 0.1) is 16.1 Å². The van der Waals surface area contributed by atoms with E-state index in [1.165, 1.54) is 12.8 Å². The fourth-order valence-electron chi connectivity index (χ4n) is 7.48. The van der Waals surface area contributed by atoms with E-state index in [0.717, 1.165) is 31.2 Å². The fourth-order valence-corrected chi connectivity index (χ4v) is 7.79. The highest BCUT2D eigenvalue weighted by molar-refractivity contribution is 6.42. The summed E-state index contributed by atoms with van der Waals surface area (Å²) in [5.41, 5.74) is 0.783. The molecule has 2 bridgehead atoms. The Hall–Kier alpha value is -1.99. The van der Waals surface area contributed by atoms with Gasteiger partial charge in [0.25, 0.3) is 0 Å². The van der Waals surface area contributed by atoms with E-state index < -0.39 is 0 Å². The van der Waals surface area contributed by atoms with E-state index in [-0.39, 0.29) is 47.3 Å². The Bertz CT molecular complexity index is 1150. The number of fused-ring (bicyclic) bond motifs is 2. The van der Waals surface area contributed by atoms with Gasteiger partial charge in [-0.15, -0.1) is 0 Å². The van der Waals surface area contributed by atoms with Gasteiger partial charge in [0.2, 0.25) is 11.8 Å². The molecule has 0 aromatic heterocycles. The van der Waals surface area contributed by atoms with Gasteiger partial charge in [-0.25, -0.2) is 4.79 Å². The Kier molecular flexibility index (Phi) is 7.28. The van der Waals surface area contributed by atoms with Gasteiger partial charge in [-0.2, -0.15) is 0 Å². The minimum atomic E-state index is -0.308. The first-order chi connectivity index (χ1) is 18.6. The SMILES string of the molecule is CN(C(=O)O[C@H]1C[C@H]2CC[C@@H]1C2)[C@@H]1CN(C(=O)C2CCN(C(=O)C3(C)CC3)CC2)C[C@H]1c1ccc(Cl)c(Cl)c1. The van der Waals surface area contributed by atoms with E-state index in [1.54, 1.807) is 18.0 Å². The average molecular weight is 577 g/mol. The highest BCUT2D eigenvalue weighted by atomic mass is 35.5. The molecule has 1 aromatic rings. The van der Waals surface area contributed by atoms with Crippen LogP contribution in [0.5, 0.6) is 0 Å². The molecule has 3 amide bonds. The molecule has 3 saturated carbocycles. The summed E-state index contributed by atoms with van der Waals surface area (Å²) in [5, 5.41) is 0.944. The normalized spacial score (nSPS) is 31.4. The summed E-state index contributed by atoms with van der Waals surface area (Å²) >= 11 is 12.6. The zero-order valence-electron chi connectivity index (χ0n) is 22.9. The number of rotatable bonds is 5. The molecule has 6 rings (SSSR count). The highest BCUT2D eigenvalue weighted by Gasteiger charge is 2.49. The van der Waals surface area contributed by atoms with Crippen molar-refractivity contribution < 1.29 is 19.1 Å². The van der Waals surface area contributed by atoms with Crippen molar-refractivity contribution in [2.24, 2.45) is 23.2 Å². The molecular weight excluding hydrogens is 537 g/mol. The number of carbonyl (C=O) groups is 3. The maximum absolute atomic E-state index is 13.7. The van der Waals surface area contributed by atoms with Gasteiger partial charge in [-0.05, 0) is 80.9 Å². The quantitative estimate of drug-likeness (QED) is 0.459.